The van der Waals surface area contributed by atoms with Crippen LogP contribution in [0.15, 0.2) is 35.3 Å². The number of benzene rings is 1. The zero-order valence-corrected chi connectivity index (χ0v) is 15.0. The largest absolute Gasteiger partial charge is 0.288 e. The van der Waals surface area contributed by atoms with Gasteiger partial charge >= 0.3 is 0 Å². The Kier molecular flexibility index (Phi) is 4.30. The highest BCUT2D eigenvalue weighted by Crippen LogP contribution is 2.36. The van der Waals surface area contributed by atoms with E-state index in [1.165, 1.54) is 15.6 Å². The van der Waals surface area contributed by atoms with Crippen LogP contribution in [0.5, 0.6) is 0 Å². The fourth-order valence-corrected chi connectivity index (χ4v) is 4.43. The lowest BCUT2D eigenvalue weighted by Gasteiger charge is -2.22. The molecule has 124 valence electrons. The molecule has 3 aromatic rings. The summed E-state index contributed by atoms with van der Waals surface area (Å²) in [4.78, 5) is 19.2. The van der Waals surface area contributed by atoms with E-state index < -0.39 is 0 Å². The number of fused-ring (bicyclic) bond motifs is 1. The standard InChI is InChI=1S/C16H14Cl2N4OS/c17-10-8-19-22(16(23)14(10)18)9-21-7-3-5-12(21)15-20-11-4-1-2-6-13(11)24-15/h1-2,4,6,8,12H,3,5,7,9H2. The van der Waals surface area contributed by atoms with Gasteiger partial charge in [0.15, 0.2) is 0 Å². The maximum Gasteiger partial charge on any atom is 0.288 e. The smallest absolute Gasteiger partial charge is 0.275 e. The van der Waals surface area contributed by atoms with Crippen molar-refractivity contribution < 1.29 is 0 Å². The molecule has 0 bridgehead atoms. The van der Waals surface area contributed by atoms with E-state index in [4.69, 9.17) is 28.2 Å². The number of rotatable bonds is 3. The van der Waals surface area contributed by atoms with Crippen LogP contribution >= 0.6 is 34.5 Å². The van der Waals surface area contributed by atoms with Crippen molar-refractivity contribution in [2.75, 3.05) is 6.54 Å². The summed E-state index contributed by atoms with van der Waals surface area (Å²) in [6, 6.07) is 8.33. The van der Waals surface area contributed by atoms with Crippen LogP contribution in [0.3, 0.4) is 0 Å². The van der Waals surface area contributed by atoms with Gasteiger partial charge in [0, 0.05) is 6.54 Å². The second-order valence-electron chi connectivity index (χ2n) is 5.74. The average Bonchev–Trinajstić information content (AvgIpc) is 3.21. The number of para-hydroxylation sites is 1. The molecule has 0 spiro atoms. The van der Waals surface area contributed by atoms with Crippen molar-refractivity contribution in [2.45, 2.75) is 25.6 Å². The van der Waals surface area contributed by atoms with Crippen molar-refractivity contribution in [1.29, 1.82) is 0 Å². The summed E-state index contributed by atoms with van der Waals surface area (Å²) in [5.41, 5.74) is 0.660. The molecule has 0 radical (unpaired) electrons. The molecular formula is C16H14Cl2N4OS. The highest BCUT2D eigenvalue weighted by molar-refractivity contribution is 7.18. The van der Waals surface area contributed by atoms with E-state index in [9.17, 15) is 4.79 Å². The van der Waals surface area contributed by atoms with Crippen molar-refractivity contribution >= 4 is 44.8 Å². The Morgan fingerprint density at radius 1 is 1.29 bits per heavy atom. The first-order valence-electron chi connectivity index (χ1n) is 7.64. The quantitative estimate of drug-likeness (QED) is 0.689. The van der Waals surface area contributed by atoms with Crippen LogP contribution < -0.4 is 5.56 Å². The first kappa shape index (κ1) is 16.0. The number of thiazole rings is 1. The summed E-state index contributed by atoms with van der Waals surface area (Å²) in [6.45, 7) is 1.28. The fraction of sp³-hybridized carbons (Fsp3) is 0.312. The Hall–Kier alpha value is -1.47. The third-order valence-electron chi connectivity index (χ3n) is 4.22. The van der Waals surface area contributed by atoms with Gasteiger partial charge in [-0.3, -0.25) is 9.69 Å². The van der Waals surface area contributed by atoms with Gasteiger partial charge < -0.3 is 0 Å². The molecular weight excluding hydrogens is 367 g/mol. The number of halogens is 2. The summed E-state index contributed by atoms with van der Waals surface area (Å²) in [5.74, 6) is 0. The van der Waals surface area contributed by atoms with Crippen LogP contribution in [-0.2, 0) is 6.67 Å². The lowest BCUT2D eigenvalue weighted by Crippen LogP contribution is -2.33. The molecule has 0 N–H and O–H groups in total. The van der Waals surface area contributed by atoms with Crippen LogP contribution in [0, 0.1) is 0 Å². The van der Waals surface area contributed by atoms with Gasteiger partial charge in [-0.05, 0) is 25.0 Å². The van der Waals surface area contributed by atoms with Gasteiger partial charge in [0.05, 0.1) is 34.1 Å². The molecule has 1 fully saturated rings. The van der Waals surface area contributed by atoms with E-state index in [0.717, 1.165) is 29.9 Å². The lowest BCUT2D eigenvalue weighted by molar-refractivity contribution is 0.187. The summed E-state index contributed by atoms with van der Waals surface area (Å²) in [7, 11) is 0. The molecule has 1 unspecified atom stereocenters. The van der Waals surface area contributed by atoms with Gasteiger partial charge in [0.1, 0.15) is 10.0 Å². The van der Waals surface area contributed by atoms with E-state index in [2.05, 4.69) is 16.1 Å². The number of aromatic nitrogens is 3. The van der Waals surface area contributed by atoms with Crippen molar-refractivity contribution in [3.8, 4) is 0 Å². The van der Waals surface area contributed by atoms with Crippen LogP contribution in [0.1, 0.15) is 23.9 Å². The first-order chi connectivity index (χ1) is 11.6. The minimum Gasteiger partial charge on any atom is -0.275 e. The van der Waals surface area contributed by atoms with Crippen molar-refractivity contribution in [1.82, 2.24) is 19.7 Å². The predicted molar refractivity (Wildman–Crippen MR) is 96.8 cm³/mol. The molecule has 1 aliphatic rings. The van der Waals surface area contributed by atoms with Crippen molar-refractivity contribution in [3.63, 3.8) is 0 Å². The van der Waals surface area contributed by atoms with Gasteiger partial charge in [-0.25, -0.2) is 9.67 Å². The Balaban J connectivity index is 1.63. The van der Waals surface area contributed by atoms with E-state index in [1.807, 2.05) is 18.2 Å². The fourth-order valence-electron chi connectivity index (χ4n) is 3.03. The average molecular weight is 381 g/mol. The summed E-state index contributed by atoms with van der Waals surface area (Å²) in [6.07, 6.45) is 3.50. The van der Waals surface area contributed by atoms with E-state index >= 15 is 0 Å². The van der Waals surface area contributed by atoms with E-state index in [-0.39, 0.29) is 21.6 Å². The van der Waals surface area contributed by atoms with Gasteiger partial charge in [-0.15, -0.1) is 11.3 Å². The summed E-state index contributed by atoms with van der Waals surface area (Å²) >= 11 is 13.5. The monoisotopic (exact) mass is 380 g/mol. The van der Waals surface area contributed by atoms with E-state index in [1.54, 1.807) is 11.3 Å². The van der Waals surface area contributed by atoms with Gasteiger partial charge in [-0.1, -0.05) is 35.3 Å². The number of hydrogen-bond acceptors (Lipinski definition) is 5. The molecule has 1 atom stereocenters. The maximum absolute atomic E-state index is 12.2. The highest BCUT2D eigenvalue weighted by Gasteiger charge is 2.29. The predicted octanol–water partition coefficient (Wildman–Crippen LogP) is 3.95. The summed E-state index contributed by atoms with van der Waals surface area (Å²) < 4.78 is 2.55. The molecule has 8 heteroatoms. The second kappa shape index (κ2) is 6.44. The third-order valence-corrected chi connectivity index (χ3v) is 6.10. The van der Waals surface area contributed by atoms with Crippen LogP contribution in [0.2, 0.25) is 10.0 Å². The zero-order valence-electron chi connectivity index (χ0n) is 12.7. The van der Waals surface area contributed by atoms with Gasteiger partial charge in [0.2, 0.25) is 0 Å². The van der Waals surface area contributed by atoms with Crippen LogP contribution in [-0.4, -0.2) is 26.2 Å². The minimum absolute atomic E-state index is 0.0161. The molecule has 2 aromatic heterocycles. The molecule has 3 heterocycles. The number of likely N-dealkylation sites (tertiary alicyclic amines) is 1. The first-order valence-corrected chi connectivity index (χ1v) is 9.21. The molecule has 0 aliphatic carbocycles. The topological polar surface area (TPSA) is 51.0 Å². The zero-order chi connectivity index (χ0) is 16.7. The highest BCUT2D eigenvalue weighted by atomic mass is 35.5. The Labute approximate surface area is 152 Å². The Morgan fingerprint density at radius 3 is 2.96 bits per heavy atom. The molecule has 1 saturated heterocycles. The minimum atomic E-state index is -0.362. The number of hydrogen-bond donors (Lipinski definition) is 0. The second-order valence-corrected chi connectivity index (χ2v) is 7.59. The normalized spacial score (nSPS) is 18.5. The summed E-state index contributed by atoms with van der Waals surface area (Å²) in [5, 5.41) is 5.39. The molecule has 1 aromatic carbocycles. The van der Waals surface area contributed by atoms with E-state index in [0.29, 0.717) is 6.67 Å². The van der Waals surface area contributed by atoms with Gasteiger partial charge in [-0.2, -0.15) is 5.10 Å². The lowest BCUT2D eigenvalue weighted by atomic mass is 10.2. The van der Waals surface area contributed by atoms with Crippen molar-refractivity contribution in [2.24, 2.45) is 0 Å². The molecule has 0 saturated carbocycles. The SMILES string of the molecule is O=c1c(Cl)c(Cl)cnn1CN1CCCC1c1nc2ccccc2s1. The van der Waals surface area contributed by atoms with Gasteiger partial charge in [0.25, 0.3) is 5.56 Å². The maximum atomic E-state index is 12.2. The Morgan fingerprint density at radius 2 is 2.12 bits per heavy atom. The van der Waals surface area contributed by atoms with Crippen LogP contribution in [0.4, 0.5) is 0 Å². The third kappa shape index (κ3) is 2.84. The number of nitrogens with zero attached hydrogens (tertiary/aromatic N) is 4. The van der Waals surface area contributed by atoms with Crippen LogP contribution in [0.25, 0.3) is 10.2 Å². The molecule has 1 aliphatic heterocycles. The van der Waals surface area contributed by atoms with Crippen molar-refractivity contribution in [3.05, 3.63) is 55.9 Å². The molecule has 4 rings (SSSR count). The molecule has 0 amide bonds. The molecule has 24 heavy (non-hydrogen) atoms. The molecule has 5 nitrogen and oxygen atoms in total. The Bertz CT molecular complexity index is 922.